The van der Waals surface area contributed by atoms with E-state index in [2.05, 4.69) is 142 Å². The van der Waals surface area contributed by atoms with Crippen LogP contribution in [0.5, 0.6) is 0 Å². The monoisotopic (exact) mass is 623 g/mol. The highest BCUT2D eigenvalue weighted by atomic mass is 16.6. The minimum Gasteiger partial charge on any atom is -0.258 e. The van der Waals surface area contributed by atoms with E-state index in [1.807, 2.05) is 6.07 Å². The van der Waals surface area contributed by atoms with Crippen molar-refractivity contribution in [3.05, 3.63) is 147 Å². The number of hydrogen-bond donors (Lipinski definition) is 0. The molecule has 5 heteroatoms. The second-order valence-electron chi connectivity index (χ2n) is 13.6. The van der Waals surface area contributed by atoms with E-state index in [9.17, 15) is 10.1 Å². The third kappa shape index (κ3) is 5.91. The first-order valence-electron chi connectivity index (χ1n) is 16.8. The van der Waals surface area contributed by atoms with Crippen molar-refractivity contribution in [3.63, 3.8) is 0 Å². The van der Waals surface area contributed by atoms with Crippen molar-refractivity contribution in [2.24, 2.45) is 0 Å². The van der Waals surface area contributed by atoms with Crippen LogP contribution in [0.15, 0.2) is 103 Å². The number of para-hydroxylation sites is 2. The third-order valence-corrected chi connectivity index (χ3v) is 10.1. The summed E-state index contributed by atoms with van der Waals surface area (Å²) in [6, 6.07) is 31.1. The van der Waals surface area contributed by atoms with E-state index in [-0.39, 0.29) is 21.4 Å². The van der Waals surface area contributed by atoms with Gasteiger partial charge in [-0.3, -0.25) is 10.1 Å². The average Bonchev–Trinajstić information content (AvgIpc) is 3.43. The highest BCUT2D eigenvalue weighted by Crippen LogP contribution is 2.41. The van der Waals surface area contributed by atoms with Crippen molar-refractivity contribution in [1.82, 2.24) is 0 Å². The molecule has 0 spiro atoms. The van der Waals surface area contributed by atoms with Gasteiger partial charge in [-0.15, -0.1) is 0 Å². The van der Waals surface area contributed by atoms with Crippen molar-refractivity contribution < 1.29 is 14.1 Å². The molecule has 2 heterocycles. The van der Waals surface area contributed by atoms with Crippen LogP contribution >= 0.6 is 0 Å². The fraction of sp³-hybridized carbons (Fsp3) is 0.286. The summed E-state index contributed by atoms with van der Waals surface area (Å²) in [6.07, 6.45) is 10.6. The highest BCUT2D eigenvalue weighted by molar-refractivity contribution is 6.06. The molecule has 0 atom stereocenters. The van der Waals surface area contributed by atoms with Crippen LogP contribution in [-0.2, 0) is 23.7 Å². The smallest absolute Gasteiger partial charge is 0.258 e. The molecule has 0 aliphatic carbocycles. The second kappa shape index (κ2) is 12.7. The van der Waals surface area contributed by atoms with Crippen LogP contribution in [0.2, 0.25) is 0 Å². The summed E-state index contributed by atoms with van der Waals surface area (Å²) in [7, 11) is 0. The Kier molecular flexibility index (Phi) is 8.67. The molecule has 238 valence electrons. The second-order valence-corrected chi connectivity index (χ2v) is 13.6. The van der Waals surface area contributed by atoms with Gasteiger partial charge in [-0.05, 0) is 94.9 Å². The van der Waals surface area contributed by atoms with Crippen LogP contribution in [0, 0.1) is 10.1 Å². The Labute approximate surface area is 279 Å². The Morgan fingerprint density at radius 1 is 0.660 bits per heavy atom. The van der Waals surface area contributed by atoms with Gasteiger partial charge in [0, 0.05) is 47.5 Å². The molecular weight excluding hydrogens is 578 g/mol. The number of nitro benzene ring substituents is 1. The van der Waals surface area contributed by atoms with E-state index in [0.717, 1.165) is 37.1 Å². The Bertz CT molecular complexity index is 1990. The van der Waals surface area contributed by atoms with Crippen molar-refractivity contribution in [3.8, 4) is 0 Å². The van der Waals surface area contributed by atoms with E-state index in [1.54, 1.807) is 18.2 Å². The predicted octanol–water partition coefficient (Wildman–Crippen LogP) is 9.60. The highest BCUT2D eigenvalue weighted by Gasteiger charge is 2.44. The molecule has 2 aliphatic heterocycles. The number of rotatable bonds is 10. The van der Waals surface area contributed by atoms with Crippen LogP contribution in [0.25, 0.3) is 12.2 Å². The van der Waals surface area contributed by atoms with Crippen molar-refractivity contribution in [1.29, 1.82) is 0 Å². The van der Waals surface area contributed by atoms with Gasteiger partial charge in [-0.25, -0.2) is 0 Å². The molecule has 0 aromatic heterocycles. The van der Waals surface area contributed by atoms with E-state index in [0.29, 0.717) is 0 Å². The molecule has 6 rings (SSSR count). The molecule has 4 aromatic rings. The number of nitrogens with zero attached hydrogens (tertiary/aromatic N) is 3. The summed E-state index contributed by atoms with van der Waals surface area (Å²) < 4.78 is 4.85. The number of fused-ring (bicyclic) bond motifs is 2. The summed E-state index contributed by atoms with van der Waals surface area (Å²) in [4.78, 5) is 11.1. The maximum atomic E-state index is 11.4. The van der Waals surface area contributed by atoms with Gasteiger partial charge in [0.25, 0.3) is 5.69 Å². The van der Waals surface area contributed by atoms with Crippen molar-refractivity contribution in [2.45, 2.75) is 65.2 Å². The topological polar surface area (TPSA) is 49.2 Å². The number of aryl methyl sites for hydroxylation is 2. The van der Waals surface area contributed by atoms with Gasteiger partial charge in [-0.1, -0.05) is 60.7 Å². The van der Waals surface area contributed by atoms with Gasteiger partial charge in [0.05, 0.1) is 15.8 Å². The Hall–Kier alpha value is -4.90. The third-order valence-electron chi connectivity index (χ3n) is 10.1. The van der Waals surface area contributed by atoms with E-state index >= 15 is 0 Å². The van der Waals surface area contributed by atoms with Crippen molar-refractivity contribution >= 4 is 40.6 Å². The first-order chi connectivity index (χ1) is 22.6. The van der Waals surface area contributed by atoms with Gasteiger partial charge in [-0.2, -0.15) is 9.15 Å². The molecule has 47 heavy (non-hydrogen) atoms. The lowest BCUT2D eigenvalue weighted by Crippen LogP contribution is -2.27. The fourth-order valence-corrected chi connectivity index (χ4v) is 7.51. The van der Waals surface area contributed by atoms with Crippen LogP contribution in [0.1, 0.15) is 74.9 Å². The minimum atomic E-state index is -0.321. The summed E-state index contributed by atoms with van der Waals surface area (Å²) in [5, 5.41) is 11.4. The zero-order chi connectivity index (χ0) is 33.3. The van der Waals surface area contributed by atoms with Crippen LogP contribution in [0.3, 0.4) is 0 Å². The van der Waals surface area contributed by atoms with Crippen LogP contribution in [-0.4, -0.2) is 38.6 Å². The van der Waals surface area contributed by atoms with E-state index < -0.39 is 0 Å². The van der Waals surface area contributed by atoms with Gasteiger partial charge in [0.15, 0.2) is 11.4 Å². The first kappa shape index (κ1) is 32.1. The minimum absolute atomic E-state index is 0.0899. The number of non-ortho nitro benzene ring substituents is 1. The van der Waals surface area contributed by atoms with Crippen LogP contribution < -0.4 is 0 Å². The summed E-state index contributed by atoms with van der Waals surface area (Å²) >= 11 is 0. The quantitative estimate of drug-likeness (QED) is 0.100. The van der Waals surface area contributed by atoms with Gasteiger partial charge >= 0.3 is 0 Å². The van der Waals surface area contributed by atoms with Gasteiger partial charge in [0.1, 0.15) is 13.1 Å². The Balaban J connectivity index is 1.38. The van der Waals surface area contributed by atoms with Crippen LogP contribution in [0.4, 0.5) is 17.1 Å². The number of nitro groups is 1. The molecule has 0 saturated carbocycles. The fourth-order valence-electron chi connectivity index (χ4n) is 7.51. The predicted molar refractivity (Wildman–Crippen MR) is 195 cm³/mol. The molecule has 0 amide bonds. The lowest BCUT2D eigenvalue weighted by atomic mass is 9.81. The summed E-state index contributed by atoms with van der Waals surface area (Å²) in [5.74, 6) is 0. The summed E-state index contributed by atoms with van der Waals surface area (Å²) in [5.41, 5.74) is 12.3. The largest absolute Gasteiger partial charge is 0.269 e. The molecule has 0 bridgehead atoms. The van der Waals surface area contributed by atoms with Crippen molar-refractivity contribution in [2.75, 3.05) is 13.1 Å². The number of benzene rings is 4. The number of hydrogen-bond acceptors (Lipinski definition) is 2. The summed E-state index contributed by atoms with van der Waals surface area (Å²) in [6.45, 7) is 15.5. The number of allylic oxidation sites excluding steroid dienone is 2. The lowest BCUT2D eigenvalue weighted by molar-refractivity contribution is -0.433. The SMILES string of the molecule is CC[N+]1=C(/C=C/c2ccc(CCc3cccc([N+](=O)[O-])c3)c(/C=C/C3=[N+](CC)c4ccccc4C3(C)C)c2)C(C)(C)c2ccccc21. The Morgan fingerprint density at radius 2 is 1.23 bits per heavy atom. The van der Waals surface area contributed by atoms with Gasteiger partial charge in [0.2, 0.25) is 11.4 Å². The maximum Gasteiger partial charge on any atom is 0.269 e. The van der Waals surface area contributed by atoms with Gasteiger partial charge < -0.3 is 0 Å². The molecule has 2 aliphatic rings. The zero-order valence-electron chi connectivity index (χ0n) is 28.5. The molecule has 0 unspecified atom stereocenters. The molecular formula is C42H45N3O2+2. The molecule has 4 aromatic carbocycles. The first-order valence-corrected chi connectivity index (χ1v) is 16.8. The maximum absolute atomic E-state index is 11.4. The van der Waals surface area contributed by atoms with E-state index in [1.165, 1.54) is 45.1 Å². The molecule has 0 radical (unpaired) electrons. The molecule has 0 fully saturated rings. The van der Waals surface area contributed by atoms with E-state index in [4.69, 9.17) is 0 Å². The lowest BCUT2D eigenvalue weighted by Gasteiger charge is -2.16. The molecule has 0 N–H and O–H groups in total. The Morgan fingerprint density at radius 3 is 1.81 bits per heavy atom. The standard InChI is InChI=1S/C42H45N3O2/c1-7-43-37-18-11-9-16-35(37)41(3,4)39(43)26-22-31-21-24-32(23-20-30-14-13-15-34(29-30)45(46)47)33(28-31)25-27-40-42(5,6)36-17-10-12-19-38(36)44(40)8-2/h9-19,21-22,24-29H,7-8,20,23H2,1-6H3/q+2/b26-22+,27-25+. The molecule has 0 saturated heterocycles. The average molecular weight is 624 g/mol. The molecule has 5 nitrogen and oxygen atoms in total. The normalized spacial score (nSPS) is 16.4. The zero-order valence-corrected chi connectivity index (χ0v) is 28.5.